The maximum absolute atomic E-state index is 13.0. The second-order valence-electron chi connectivity index (χ2n) is 6.32. The molecule has 0 amide bonds. The first-order valence-electron chi connectivity index (χ1n) is 8.28. The molecular formula is C18H15ClN2O3S. The number of ether oxygens (including phenoxy) is 2. The summed E-state index contributed by atoms with van der Waals surface area (Å²) in [5.41, 5.74) is 2.12. The predicted molar refractivity (Wildman–Crippen MR) is 97.4 cm³/mol. The Morgan fingerprint density at radius 2 is 2.12 bits per heavy atom. The highest BCUT2D eigenvalue weighted by Crippen LogP contribution is 2.38. The van der Waals surface area contributed by atoms with Crippen molar-refractivity contribution in [2.45, 2.75) is 25.8 Å². The summed E-state index contributed by atoms with van der Waals surface area (Å²) < 4.78 is 12.8. The van der Waals surface area contributed by atoms with Gasteiger partial charge in [-0.25, -0.2) is 4.98 Å². The average molecular weight is 375 g/mol. The molecule has 1 aliphatic carbocycles. The fraction of sp³-hybridized carbons (Fsp3) is 0.333. The molecule has 0 saturated carbocycles. The molecule has 0 spiro atoms. The van der Waals surface area contributed by atoms with Crippen molar-refractivity contribution in [1.29, 1.82) is 0 Å². The Kier molecular flexibility index (Phi) is 3.50. The first-order chi connectivity index (χ1) is 12.2. The molecule has 128 valence electrons. The minimum absolute atomic E-state index is 0.0235. The summed E-state index contributed by atoms with van der Waals surface area (Å²) >= 11 is 7.96. The zero-order valence-electron chi connectivity index (χ0n) is 13.4. The predicted octanol–water partition coefficient (Wildman–Crippen LogP) is 3.42. The first kappa shape index (κ1) is 15.2. The van der Waals surface area contributed by atoms with Gasteiger partial charge < -0.3 is 9.47 Å². The maximum atomic E-state index is 13.0. The lowest BCUT2D eigenvalue weighted by Gasteiger charge is -2.20. The van der Waals surface area contributed by atoms with Crippen molar-refractivity contribution in [3.63, 3.8) is 0 Å². The van der Waals surface area contributed by atoms with Crippen LogP contribution in [0.25, 0.3) is 10.2 Å². The molecule has 0 atom stereocenters. The number of hydrogen-bond donors (Lipinski definition) is 0. The Hall–Kier alpha value is -2.05. The van der Waals surface area contributed by atoms with Crippen LogP contribution in [0, 0.1) is 0 Å². The molecule has 0 radical (unpaired) electrons. The lowest BCUT2D eigenvalue weighted by atomic mass is 10.1. The van der Waals surface area contributed by atoms with E-state index in [-0.39, 0.29) is 5.56 Å². The topological polar surface area (TPSA) is 53.4 Å². The SMILES string of the molecule is O=c1c2c3c(sc2ncn1Cc1cc(Cl)c2c(c1)OCCO2)CCC3. The standard InChI is InChI=1S/C18H15ClN2O3S/c19-12-6-10(7-13-16(12)24-5-4-23-13)8-21-9-20-17-15(18(21)22)11-2-1-3-14(11)25-17/h6-7,9H,1-5,8H2. The minimum atomic E-state index is 0.0235. The number of benzene rings is 1. The Morgan fingerprint density at radius 3 is 3.04 bits per heavy atom. The molecule has 7 heteroatoms. The van der Waals surface area contributed by atoms with Crippen molar-refractivity contribution in [2.24, 2.45) is 0 Å². The normalized spacial score (nSPS) is 15.6. The Bertz CT molecular complexity index is 1060. The maximum Gasteiger partial charge on any atom is 0.262 e. The van der Waals surface area contributed by atoms with Gasteiger partial charge >= 0.3 is 0 Å². The van der Waals surface area contributed by atoms with Crippen LogP contribution in [0.2, 0.25) is 5.02 Å². The van der Waals surface area contributed by atoms with Gasteiger partial charge in [0.2, 0.25) is 0 Å². The van der Waals surface area contributed by atoms with E-state index in [0.29, 0.717) is 36.3 Å². The van der Waals surface area contributed by atoms with Gasteiger partial charge in [-0.05, 0) is 42.5 Å². The zero-order valence-corrected chi connectivity index (χ0v) is 15.0. The monoisotopic (exact) mass is 374 g/mol. The van der Waals surface area contributed by atoms with Crippen LogP contribution in [0.4, 0.5) is 0 Å². The van der Waals surface area contributed by atoms with E-state index in [0.717, 1.165) is 35.0 Å². The van der Waals surface area contributed by atoms with E-state index in [1.165, 1.54) is 10.4 Å². The fourth-order valence-corrected chi connectivity index (χ4v) is 5.09. The molecule has 2 aliphatic rings. The molecule has 3 aromatic rings. The number of rotatable bonds is 2. The van der Waals surface area contributed by atoms with Gasteiger partial charge in [0.05, 0.1) is 23.3 Å². The summed E-state index contributed by atoms with van der Waals surface area (Å²) in [6, 6.07) is 3.71. The van der Waals surface area contributed by atoms with Crippen LogP contribution in [-0.4, -0.2) is 22.8 Å². The van der Waals surface area contributed by atoms with Gasteiger partial charge in [-0.1, -0.05) is 11.6 Å². The van der Waals surface area contributed by atoms with Crippen LogP contribution in [0.1, 0.15) is 22.4 Å². The summed E-state index contributed by atoms with van der Waals surface area (Å²) in [5.74, 6) is 1.21. The molecule has 0 N–H and O–H groups in total. The van der Waals surface area contributed by atoms with Gasteiger partial charge in [0.25, 0.3) is 5.56 Å². The van der Waals surface area contributed by atoms with Gasteiger partial charge in [0.15, 0.2) is 11.5 Å². The number of aryl methyl sites for hydroxylation is 2. The largest absolute Gasteiger partial charge is 0.486 e. The van der Waals surface area contributed by atoms with E-state index in [9.17, 15) is 4.79 Å². The summed E-state index contributed by atoms with van der Waals surface area (Å²) in [6.07, 6.45) is 4.80. The third-order valence-electron chi connectivity index (χ3n) is 4.70. The molecular weight excluding hydrogens is 360 g/mol. The average Bonchev–Trinajstić information content (AvgIpc) is 3.18. The highest BCUT2D eigenvalue weighted by molar-refractivity contribution is 7.18. The molecule has 3 heterocycles. The van der Waals surface area contributed by atoms with E-state index in [4.69, 9.17) is 21.1 Å². The number of aromatic nitrogens is 2. The van der Waals surface area contributed by atoms with Gasteiger partial charge in [-0.2, -0.15) is 0 Å². The lowest BCUT2D eigenvalue weighted by Crippen LogP contribution is -2.21. The number of nitrogens with zero attached hydrogens (tertiary/aromatic N) is 2. The highest BCUT2D eigenvalue weighted by atomic mass is 35.5. The third kappa shape index (κ3) is 2.43. The molecule has 0 bridgehead atoms. The van der Waals surface area contributed by atoms with E-state index in [1.807, 2.05) is 12.1 Å². The smallest absolute Gasteiger partial charge is 0.262 e. The number of hydrogen-bond acceptors (Lipinski definition) is 5. The molecule has 2 aromatic heterocycles. The highest BCUT2D eigenvalue weighted by Gasteiger charge is 2.22. The summed E-state index contributed by atoms with van der Waals surface area (Å²) in [5, 5.41) is 1.30. The number of fused-ring (bicyclic) bond motifs is 4. The van der Waals surface area contributed by atoms with Gasteiger partial charge in [-0.3, -0.25) is 9.36 Å². The van der Waals surface area contributed by atoms with E-state index in [1.54, 1.807) is 22.2 Å². The molecule has 0 unspecified atom stereocenters. The van der Waals surface area contributed by atoms with Crippen LogP contribution >= 0.6 is 22.9 Å². The van der Waals surface area contributed by atoms with Crippen molar-refractivity contribution in [1.82, 2.24) is 9.55 Å². The molecule has 0 saturated heterocycles. The number of halogens is 1. The van der Waals surface area contributed by atoms with Crippen LogP contribution in [0.3, 0.4) is 0 Å². The molecule has 5 rings (SSSR count). The summed E-state index contributed by atoms with van der Waals surface area (Å²) in [7, 11) is 0. The first-order valence-corrected chi connectivity index (χ1v) is 9.48. The Morgan fingerprint density at radius 1 is 1.24 bits per heavy atom. The fourth-order valence-electron chi connectivity index (χ4n) is 3.58. The van der Waals surface area contributed by atoms with Crippen LogP contribution in [0.15, 0.2) is 23.3 Å². The van der Waals surface area contributed by atoms with Gasteiger partial charge in [0.1, 0.15) is 18.0 Å². The zero-order chi connectivity index (χ0) is 17.0. The molecule has 25 heavy (non-hydrogen) atoms. The second kappa shape index (κ2) is 5.75. The number of thiophene rings is 1. The van der Waals surface area contributed by atoms with Crippen molar-refractivity contribution < 1.29 is 9.47 Å². The Labute approximate surface area is 152 Å². The van der Waals surface area contributed by atoms with Crippen molar-refractivity contribution in [2.75, 3.05) is 13.2 Å². The van der Waals surface area contributed by atoms with E-state index < -0.39 is 0 Å². The van der Waals surface area contributed by atoms with Crippen LogP contribution in [0.5, 0.6) is 11.5 Å². The van der Waals surface area contributed by atoms with Crippen LogP contribution < -0.4 is 15.0 Å². The van der Waals surface area contributed by atoms with Crippen LogP contribution in [-0.2, 0) is 19.4 Å². The lowest BCUT2D eigenvalue weighted by molar-refractivity contribution is 0.171. The molecule has 0 fully saturated rings. The van der Waals surface area contributed by atoms with E-state index in [2.05, 4.69) is 4.98 Å². The summed E-state index contributed by atoms with van der Waals surface area (Å²) in [6.45, 7) is 1.40. The quantitative estimate of drug-likeness (QED) is 0.689. The molecule has 1 aromatic carbocycles. The van der Waals surface area contributed by atoms with Crippen molar-refractivity contribution in [3.8, 4) is 11.5 Å². The third-order valence-corrected chi connectivity index (χ3v) is 6.18. The van der Waals surface area contributed by atoms with Gasteiger partial charge in [0, 0.05) is 4.88 Å². The van der Waals surface area contributed by atoms with Gasteiger partial charge in [-0.15, -0.1) is 11.3 Å². The van der Waals surface area contributed by atoms with Crippen molar-refractivity contribution in [3.05, 3.63) is 49.8 Å². The minimum Gasteiger partial charge on any atom is -0.486 e. The second-order valence-corrected chi connectivity index (χ2v) is 7.81. The van der Waals surface area contributed by atoms with Crippen molar-refractivity contribution >= 4 is 33.2 Å². The molecule has 5 nitrogen and oxygen atoms in total. The Balaban J connectivity index is 1.57. The summed E-state index contributed by atoms with van der Waals surface area (Å²) in [4.78, 5) is 19.6. The molecule has 1 aliphatic heterocycles. The van der Waals surface area contributed by atoms with E-state index >= 15 is 0 Å².